The molecule has 1 aromatic carbocycles. The van der Waals surface area contributed by atoms with Gasteiger partial charge in [-0.15, -0.1) is 24.0 Å². The van der Waals surface area contributed by atoms with Crippen molar-refractivity contribution in [3.63, 3.8) is 0 Å². The first-order valence-electron chi connectivity index (χ1n) is 8.51. The summed E-state index contributed by atoms with van der Waals surface area (Å²) in [5.74, 6) is 1.36. The number of rotatable bonds is 6. The van der Waals surface area contributed by atoms with E-state index in [1.54, 1.807) is 0 Å². The molecule has 2 rings (SSSR count). The molecule has 0 radical (unpaired) electrons. The number of aliphatic imine (C=N–C) groups is 1. The molecule has 0 amide bonds. The van der Waals surface area contributed by atoms with Gasteiger partial charge in [0.15, 0.2) is 5.96 Å². The van der Waals surface area contributed by atoms with Crippen LogP contribution >= 0.6 is 24.0 Å². The van der Waals surface area contributed by atoms with Gasteiger partial charge in [-0.2, -0.15) is 0 Å². The van der Waals surface area contributed by atoms with Crippen LogP contribution in [0.2, 0.25) is 0 Å². The summed E-state index contributed by atoms with van der Waals surface area (Å²) in [4.78, 5) is 6.90. The van der Waals surface area contributed by atoms with Crippen molar-refractivity contribution in [2.24, 2.45) is 16.6 Å². The third kappa shape index (κ3) is 7.66. The lowest BCUT2D eigenvalue weighted by molar-refractivity contribution is 0.185. The molecule has 5 heteroatoms. The molecule has 0 spiro atoms. The van der Waals surface area contributed by atoms with E-state index in [1.807, 2.05) is 6.92 Å². The molecule has 24 heavy (non-hydrogen) atoms. The van der Waals surface area contributed by atoms with Crippen molar-refractivity contribution in [2.45, 2.75) is 39.8 Å². The molecular weight excluding hydrogens is 411 g/mol. The molecule has 1 aliphatic heterocycles. The van der Waals surface area contributed by atoms with Crippen LogP contribution in [0.1, 0.15) is 37.8 Å². The summed E-state index contributed by atoms with van der Waals surface area (Å²) < 4.78 is 0. The van der Waals surface area contributed by atoms with Crippen LogP contribution in [-0.4, -0.2) is 30.5 Å². The second-order valence-corrected chi connectivity index (χ2v) is 6.79. The van der Waals surface area contributed by atoms with E-state index in [2.05, 4.69) is 53.0 Å². The van der Waals surface area contributed by atoms with Crippen LogP contribution in [0.5, 0.6) is 0 Å². The Bertz CT molecular complexity index is 531. The summed E-state index contributed by atoms with van der Waals surface area (Å²) in [6.45, 7) is 12.9. The quantitative estimate of drug-likeness (QED) is 0.307. The third-order valence-electron chi connectivity index (χ3n) is 4.31. The van der Waals surface area contributed by atoms with E-state index in [4.69, 9.17) is 5.73 Å². The van der Waals surface area contributed by atoms with Crippen molar-refractivity contribution < 1.29 is 0 Å². The van der Waals surface area contributed by atoms with E-state index in [-0.39, 0.29) is 24.0 Å². The monoisotopic (exact) mass is 442 g/mol. The fourth-order valence-electron chi connectivity index (χ4n) is 2.70. The highest BCUT2D eigenvalue weighted by Crippen LogP contribution is 2.18. The molecule has 0 bridgehead atoms. The first kappa shape index (κ1) is 21.0. The van der Waals surface area contributed by atoms with Gasteiger partial charge in [0.2, 0.25) is 0 Å². The second kappa shape index (κ2) is 10.7. The Kier molecular flexibility index (Phi) is 9.36. The van der Waals surface area contributed by atoms with Crippen molar-refractivity contribution in [3.05, 3.63) is 47.5 Å². The van der Waals surface area contributed by atoms with Gasteiger partial charge in [0.05, 0.1) is 6.54 Å². The molecule has 1 aromatic rings. The van der Waals surface area contributed by atoms with Gasteiger partial charge in [0, 0.05) is 13.1 Å². The van der Waals surface area contributed by atoms with Crippen LogP contribution in [0, 0.1) is 5.92 Å². The van der Waals surface area contributed by atoms with E-state index in [0.29, 0.717) is 19.0 Å². The van der Waals surface area contributed by atoms with Crippen LogP contribution < -0.4 is 11.1 Å². The highest BCUT2D eigenvalue weighted by Gasteiger charge is 2.15. The van der Waals surface area contributed by atoms with Crippen molar-refractivity contribution in [1.29, 1.82) is 0 Å². The van der Waals surface area contributed by atoms with E-state index in [0.717, 1.165) is 18.0 Å². The Morgan fingerprint density at radius 2 is 1.83 bits per heavy atom. The van der Waals surface area contributed by atoms with Crippen LogP contribution in [0.15, 0.2) is 41.4 Å². The molecule has 0 unspecified atom stereocenters. The SMILES string of the molecule is C=C(C)CNC(N)=NCc1ccc(CN2CCC(C)CC2)cc1.I. The van der Waals surface area contributed by atoms with E-state index < -0.39 is 0 Å². The zero-order chi connectivity index (χ0) is 16.7. The molecule has 134 valence electrons. The highest BCUT2D eigenvalue weighted by atomic mass is 127. The molecule has 1 saturated heterocycles. The van der Waals surface area contributed by atoms with Crippen molar-refractivity contribution in [1.82, 2.24) is 10.2 Å². The molecule has 0 aromatic heterocycles. The summed E-state index contributed by atoms with van der Waals surface area (Å²) in [5, 5.41) is 3.04. The summed E-state index contributed by atoms with van der Waals surface area (Å²) in [6, 6.07) is 8.72. The van der Waals surface area contributed by atoms with Crippen molar-refractivity contribution in [3.8, 4) is 0 Å². The largest absolute Gasteiger partial charge is 0.370 e. The molecule has 4 nitrogen and oxygen atoms in total. The maximum Gasteiger partial charge on any atom is 0.189 e. The lowest BCUT2D eigenvalue weighted by Crippen LogP contribution is -2.32. The minimum Gasteiger partial charge on any atom is -0.370 e. The normalized spacial score (nSPS) is 16.5. The Morgan fingerprint density at radius 1 is 1.25 bits per heavy atom. The summed E-state index contributed by atoms with van der Waals surface area (Å²) >= 11 is 0. The predicted octanol–water partition coefficient (Wildman–Crippen LogP) is 3.52. The topological polar surface area (TPSA) is 53.6 Å². The number of benzene rings is 1. The first-order chi connectivity index (χ1) is 11.0. The van der Waals surface area contributed by atoms with Crippen LogP contribution in [0.4, 0.5) is 0 Å². The molecule has 1 aliphatic rings. The molecule has 3 N–H and O–H groups in total. The average molecular weight is 442 g/mol. The number of piperidine rings is 1. The second-order valence-electron chi connectivity index (χ2n) is 6.79. The Hall–Kier alpha value is -1.08. The number of halogens is 1. The number of nitrogens with zero attached hydrogens (tertiary/aromatic N) is 2. The first-order valence-corrected chi connectivity index (χ1v) is 8.51. The number of guanidine groups is 1. The highest BCUT2D eigenvalue weighted by molar-refractivity contribution is 14.0. The molecule has 1 fully saturated rings. The average Bonchev–Trinajstić information content (AvgIpc) is 2.54. The smallest absolute Gasteiger partial charge is 0.189 e. The summed E-state index contributed by atoms with van der Waals surface area (Å²) in [6.07, 6.45) is 2.65. The summed E-state index contributed by atoms with van der Waals surface area (Å²) in [7, 11) is 0. The Balaban J connectivity index is 0.00000288. The van der Waals surface area contributed by atoms with Gasteiger partial charge in [-0.1, -0.05) is 43.3 Å². The van der Waals surface area contributed by atoms with Gasteiger partial charge >= 0.3 is 0 Å². The van der Waals surface area contributed by atoms with Gasteiger partial charge < -0.3 is 11.1 Å². The van der Waals surface area contributed by atoms with Crippen LogP contribution in [0.25, 0.3) is 0 Å². The number of hydrogen-bond acceptors (Lipinski definition) is 2. The fraction of sp³-hybridized carbons (Fsp3) is 0.526. The molecular formula is C19H31IN4. The van der Waals surface area contributed by atoms with Crippen LogP contribution in [-0.2, 0) is 13.1 Å². The summed E-state index contributed by atoms with van der Waals surface area (Å²) in [5.41, 5.74) is 9.42. The van der Waals surface area contributed by atoms with Gasteiger partial charge in [0.25, 0.3) is 0 Å². The zero-order valence-electron chi connectivity index (χ0n) is 14.9. The van der Waals surface area contributed by atoms with Gasteiger partial charge in [-0.05, 0) is 49.9 Å². The fourth-order valence-corrected chi connectivity index (χ4v) is 2.70. The third-order valence-corrected chi connectivity index (χ3v) is 4.31. The lowest BCUT2D eigenvalue weighted by atomic mass is 9.99. The van der Waals surface area contributed by atoms with Crippen LogP contribution in [0.3, 0.4) is 0 Å². The van der Waals surface area contributed by atoms with Crippen molar-refractivity contribution in [2.75, 3.05) is 19.6 Å². The predicted molar refractivity (Wildman–Crippen MR) is 114 cm³/mol. The zero-order valence-corrected chi connectivity index (χ0v) is 17.3. The molecule has 1 heterocycles. The maximum absolute atomic E-state index is 5.83. The number of hydrogen-bond donors (Lipinski definition) is 2. The number of nitrogens with one attached hydrogen (secondary N) is 1. The van der Waals surface area contributed by atoms with E-state index in [9.17, 15) is 0 Å². The van der Waals surface area contributed by atoms with E-state index in [1.165, 1.54) is 37.1 Å². The van der Waals surface area contributed by atoms with E-state index >= 15 is 0 Å². The van der Waals surface area contributed by atoms with Gasteiger partial charge in [0.1, 0.15) is 0 Å². The Labute approximate surface area is 163 Å². The molecule has 0 saturated carbocycles. The minimum absolute atomic E-state index is 0. The molecule has 0 aliphatic carbocycles. The Morgan fingerprint density at radius 3 is 2.42 bits per heavy atom. The lowest BCUT2D eigenvalue weighted by Gasteiger charge is -2.30. The molecule has 0 atom stereocenters. The van der Waals surface area contributed by atoms with Gasteiger partial charge in [-0.3, -0.25) is 4.90 Å². The number of likely N-dealkylation sites (tertiary alicyclic amines) is 1. The van der Waals surface area contributed by atoms with Gasteiger partial charge in [-0.25, -0.2) is 4.99 Å². The number of nitrogens with two attached hydrogens (primary N) is 1. The maximum atomic E-state index is 5.83. The minimum atomic E-state index is 0. The standard InChI is InChI=1S/C19H30N4.HI/c1-15(2)12-21-19(20)22-13-17-4-6-18(7-5-17)14-23-10-8-16(3)9-11-23;/h4-7,16H,1,8-14H2,2-3H3,(H3,20,21,22);1H. The van der Waals surface area contributed by atoms with Crippen molar-refractivity contribution >= 4 is 29.9 Å².